The largest absolute Gasteiger partial charge is 0.379 e. The maximum absolute atomic E-state index is 12.7. The van der Waals surface area contributed by atoms with Crippen molar-refractivity contribution in [3.63, 3.8) is 0 Å². The molecule has 8 heteroatoms. The Bertz CT molecular complexity index is 969. The van der Waals surface area contributed by atoms with Crippen molar-refractivity contribution in [3.8, 4) is 5.75 Å². The van der Waals surface area contributed by atoms with E-state index in [0.29, 0.717) is 17.8 Å². The first-order chi connectivity index (χ1) is 13.6. The van der Waals surface area contributed by atoms with E-state index in [9.17, 15) is 18.0 Å². The molecule has 0 saturated carbocycles. The number of hydrogen-bond donors (Lipinski definition) is 1. The van der Waals surface area contributed by atoms with E-state index >= 15 is 0 Å². The summed E-state index contributed by atoms with van der Waals surface area (Å²) in [4.78, 5) is 24.7. The third-order valence-corrected chi connectivity index (χ3v) is 5.28. The van der Waals surface area contributed by atoms with Gasteiger partial charge in [0.05, 0.1) is 0 Å². The number of anilines is 1. The molecule has 0 aromatic heterocycles. The highest BCUT2D eigenvalue weighted by molar-refractivity contribution is 7.87. The fourth-order valence-corrected chi connectivity index (χ4v) is 3.71. The highest BCUT2D eigenvalue weighted by Crippen LogP contribution is 2.25. The molecule has 0 saturated heterocycles. The molecular weight excluding hydrogens is 392 g/mol. The zero-order chi connectivity index (χ0) is 21.6. The second-order valence-corrected chi connectivity index (χ2v) is 8.69. The lowest BCUT2D eigenvalue weighted by Gasteiger charge is -2.24. The van der Waals surface area contributed by atoms with Crippen LogP contribution in [0.25, 0.3) is 0 Å². The Labute approximate surface area is 171 Å². The number of nitrogens with zero attached hydrogens (tertiary/aromatic N) is 1. The van der Waals surface area contributed by atoms with Gasteiger partial charge >= 0.3 is 10.1 Å². The molecule has 0 bridgehead atoms. The number of rotatable bonds is 8. The predicted molar refractivity (Wildman–Crippen MR) is 111 cm³/mol. The molecule has 0 radical (unpaired) electrons. The quantitative estimate of drug-likeness (QED) is 0.663. The zero-order valence-electron chi connectivity index (χ0n) is 17.0. The van der Waals surface area contributed by atoms with Crippen LogP contribution in [0.4, 0.5) is 5.69 Å². The van der Waals surface area contributed by atoms with Gasteiger partial charge in [0.1, 0.15) is 10.6 Å². The van der Waals surface area contributed by atoms with E-state index in [-0.39, 0.29) is 34.9 Å². The van der Waals surface area contributed by atoms with Crippen LogP contribution in [0.1, 0.15) is 33.3 Å². The van der Waals surface area contributed by atoms with Gasteiger partial charge in [-0.3, -0.25) is 9.59 Å². The van der Waals surface area contributed by atoms with Crippen LogP contribution in [-0.2, 0) is 26.3 Å². The van der Waals surface area contributed by atoms with Gasteiger partial charge < -0.3 is 14.4 Å². The van der Waals surface area contributed by atoms with E-state index in [1.54, 1.807) is 29.2 Å². The molecule has 2 aromatic carbocycles. The molecule has 1 N–H and O–H groups in total. The van der Waals surface area contributed by atoms with E-state index < -0.39 is 10.1 Å². The number of nitrogens with one attached hydrogen (secondary N) is 1. The van der Waals surface area contributed by atoms with Crippen molar-refractivity contribution < 1.29 is 22.2 Å². The van der Waals surface area contributed by atoms with Crippen LogP contribution in [0.15, 0.2) is 53.4 Å². The first-order valence-electron chi connectivity index (χ1n) is 9.24. The molecule has 0 aliphatic rings. The third kappa shape index (κ3) is 6.60. The minimum Gasteiger partial charge on any atom is -0.379 e. The fraction of sp³-hybridized carbons (Fsp3) is 0.333. The Morgan fingerprint density at radius 3 is 2.21 bits per heavy atom. The lowest BCUT2D eigenvalue weighted by atomic mass is 10.1. The molecule has 29 heavy (non-hydrogen) atoms. The van der Waals surface area contributed by atoms with Crippen molar-refractivity contribution in [2.75, 3.05) is 11.9 Å². The number of amides is 2. The van der Waals surface area contributed by atoms with Crippen LogP contribution in [-0.4, -0.2) is 31.7 Å². The first kappa shape index (κ1) is 22.4. The summed E-state index contributed by atoms with van der Waals surface area (Å²) in [5.74, 6) is 0.110. The molecule has 0 spiro atoms. The Kier molecular flexibility index (Phi) is 7.39. The third-order valence-electron chi connectivity index (χ3n) is 4.03. The van der Waals surface area contributed by atoms with E-state index in [0.717, 1.165) is 0 Å². The van der Waals surface area contributed by atoms with Crippen LogP contribution in [0.5, 0.6) is 5.75 Å². The zero-order valence-corrected chi connectivity index (χ0v) is 17.8. The van der Waals surface area contributed by atoms with Gasteiger partial charge in [0.25, 0.3) is 0 Å². The number of benzene rings is 2. The normalized spacial score (nSPS) is 11.2. The molecule has 7 nitrogen and oxygen atoms in total. The van der Waals surface area contributed by atoms with Gasteiger partial charge in [-0.25, -0.2) is 0 Å². The van der Waals surface area contributed by atoms with Gasteiger partial charge in [-0.05, 0) is 36.2 Å². The van der Waals surface area contributed by atoms with E-state index in [2.05, 4.69) is 5.32 Å². The van der Waals surface area contributed by atoms with Gasteiger partial charge in [-0.1, -0.05) is 32.0 Å². The summed E-state index contributed by atoms with van der Waals surface area (Å²) in [5.41, 5.74) is 1.09. The highest BCUT2D eigenvalue weighted by Gasteiger charge is 2.20. The molecular formula is C21H26N2O5S. The summed E-state index contributed by atoms with van der Waals surface area (Å²) in [7, 11) is -4.08. The van der Waals surface area contributed by atoms with Crippen molar-refractivity contribution in [2.24, 2.45) is 5.92 Å². The summed E-state index contributed by atoms with van der Waals surface area (Å²) >= 11 is 0. The summed E-state index contributed by atoms with van der Waals surface area (Å²) < 4.78 is 30.8. The smallest absolute Gasteiger partial charge is 0.339 e. The average molecular weight is 419 g/mol. The highest BCUT2D eigenvalue weighted by atomic mass is 32.2. The molecule has 0 unspecified atom stereocenters. The van der Waals surface area contributed by atoms with Crippen LogP contribution in [0.2, 0.25) is 0 Å². The van der Waals surface area contributed by atoms with Gasteiger partial charge in [-0.2, -0.15) is 8.42 Å². The summed E-state index contributed by atoms with van der Waals surface area (Å²) in [6, 6.07) is 12.5. The summed E-state index contributed by atoms with van der Waals surface area (Å²) in [6.45, 7) is 7.68. The molecule has 2 rings (SSSR count). The second-order valence-electron chi connectivity index (χ2n) is 7.14. The Morgan fingerprint density at radius 2 is 1.66 bits per heavy atom. The van der Waals surface area contributed by atoms with E-state index in [4.69, 9.17) is 4.18 Å². The molecule has 0 fully saturated rings. The van der Waals surface area contributed by atoms with Crippen LogP contribution in [0, 0.1) is 5.92 Å². The monoisotopic (exact) mass is 418 g/mol. The molecule has 0 aliphatic heterocycles. The van der Waals surface area contributed by atoms with E-state index in [1.807, 2.05) is 13.8 Å². The maximum Gasteiger partial charge on any atom is 0.339 e. The minimum atomic E-state index is -4.08. The first-order valence-corrected chi connectivity index (χ1v) is 10.6. The van der Waals surface area contributed by atoms with Crippen LogP contribution in [0.3, 0.4) is 0 Å². The van der Waals surface area contributed by atoms with Gasteiger partial charge in [0.15, 0.2) is 0 Å². The van der Waals surface area contributed by atoms with Crippen molar-refractivity contribution >= 4 is 27.6 Å². The van der Waals surface area contributed by atoms with Crippen LogP contribution >= 0.6 is 0 Å². The lowest BCUT2D eigenvalue weighted by molar-refractivity contribution is -0.130. The van der Waals surface area contributed by atoms with Crippen molar-refractivity contribution in [2.45, 2.75) is 39.1 Å². The number of hydrogen-bond acceptors (Lipinski definition) is 5. The summed E-state index contributed by atoms with van der Waals surface area (Å²) in [5, 5.41) is 2.58. The van der Waals surface area contributed by atoms with E-state index in [1.165, 1.54) is 38.1 Å². The molecule has 0 aliphatic carbocycles. The van der Waals surface area contributed by atoms with Gasteiger partial charge in [-0.15, -0.1) is 0 Å². The molecule has 0 heterocycles. The molecule has 0 atom stereocenters. The van der Waals surface area contributed by atoms with Crippen molar-refractivity contribution in [3.05, 3.63) is 54.1 Å². The summed E-state index contributed by atoms with van der Waals surface area (Å²) in [6.07, 6.45) is 0. The van der Waals surface area contributed by atoms with Gasteiger partial charge in [0, 0.05) is 38.2 Å². The Morgan fingerprint density at radius 1 is 1.03 bits per heavy atom. The standard InChI is InChI=1S/C21H26N2O5S/c1-15(2)13-23(17(4)25)14-18-7-5-6-8-21(18)28-29(26,27)20-11-9-19(10-12-20)22-16(3)24/h5-12,15H,13-14H2,1-4H3,(H,22,24). The average Bonchev–Trinajstić information content (AvgIpc) is 2.62. The topological polar surface area (TPSA) is 92.8 Å². The molecule has 2 aromatic rings. The maximum atomic E-state index is 12.7. The fourth-order valence-electron chi connectivity index (χ4n) is 2.74. The Balaban J connectivity index is 2.25. The number of para-hydroxylation sites is 1. The van der Waals surface area contributed by atoms with Crippen molar-refractivity contribution in [1.29, 1.82) is 0 Å². The minimum absolute atomic E-state index is 0.0352. The Hall–Kier alpha value is -2.87. The van der Waals surface area contributed by atoms with Crippen LogP contribution < -0.4 is 9.50 Å². The van der Waals surface area contributed by atoms with Gasteiger partial charge in [0.2, 0.25) is 11.8 Å². The number of carbonyl (C=O) groups is 2. The predicted octanol–water partition coefficient (Wildman–Crippen LogP) is 3.42. The molecule has 156 valence electrons. The lowest BCUT2D eigenvalue weighted by Crippen LogP contribution is -2.32. The van der Waals surface area contributed by atoms with Crippen molar-refractivity contribution in [1.82, 2.24) is 4.90 Å². The second kappa shape index (κ2) is 9.56. The number of carbonyl (C=O) groups excluding carboxylic acids is 2. The molecule has 2 amide bonds. The SMILES string of the molecule is CC(=O)Nc1ccc(S(=O)(=O)Oc2ccccc2CN(CC(C)C)C(C)=O)cc1.